The third-order valence-corrected chi connectivity index (χ3v) is 2.96. The van der Waals surface area contributed by atoms with Gasteiger partial charge in [-0.25, -0.2) is 0 Å². The maximum Gasteiger partial charge on any atom is 0.259 e. The summed E-state index contributed by atoms with van der Waals surface area (Å²) in [5, 5.41) is 12.5. The Hall–Kier alpha value is -2.69. The Morgan fingerprint density at radius 3 is 2.70 bits per heavy atom. The van der Waals surface area contributed by atoms with Gasteiger partial charge >= 0.3 is 0 Å². The van der Waals surface area contributed by atoms with Crippen LogP contribution in [0.25, 0.3) is 0 Å². The van der Waals surface area contributed by atoms with E-state index in [2.05, 4.69) is 5.32 Å². The van der Waals surface area contributed by atoms with Crippen LogP contribution in [0, 0.1) is 6.92 Å². The van der Waals surface area contributed by atoms with Crippen molar-refractivity contribution in [2.45, 2.75) is 6.92 Å². The molecule has 20 heavy (non-hydrogen) atoms. The van der Waals surface area contributed by atoms with Gasteiger partial charge < -0.3 is 20.9 Å². The number of aromatic hydroxyl groups is 1. The number of phenols is 1. The molecule has 0 bridgehead atoms. The molecule has 0 unspecified atom stereocenters. The van der Waals surface area contributed by atoms with Gasteiger partial charge in [0.1, 0.15) is 5.75 Å². The van der Waals surface area contributed by atoms with Crippen molar-refractivity contribution in [3.8, 4) is 11.5 Å². The fraction of sp³-hybridized carbons (Fsp3) is 0.133. The molecule has 0 aliphatic rings. The SMILES string of the molecule is COc1ccc(NC(=O)c2cccc(N)c2O)cc1C. The largest absolute Gasteiger partial charge is 0.505 e. The molecule has 5 nitrogen and oxygen atoms in total. The number of methoxy groups -OCH3 is 1. The smallest absolute Gasteiger partial charge is 0.259 e. The lowest BCUT2D eigenvalue weighted by molar-refractivity contribution is 0.102. The van der Waals surface area contributed by atoms with E-state index in [0.29, 0.717) is 5.69 Å². The van der Waals surface area contributed by atoms with Crippen LogP contribution in [0.2, 0.25) is 0 Å². The summed E-state index contributed by atoms with van der Waals surface area (Å²) in [5.41, 5.74) is 7.40. The van der Waals surface area contributed by atoms with Crippen LogP contribution in [0.5, 0.6) is 11.5 Å². The Kier molecular flexibility index (Phi) is 3.79. The van der Waals surface area contributed by atoms with E-state index in [1.165, 1.54) is 12.1 Å². The molecular formula is C15H16N2O3. The highest BCUT2D eigenvalue weighted by atomic mass is 16.5. The topological polar surface area (TPSA) is 84.6 Å². The van der Waals surface area contributed by atoms with Gasteiger partial charge in [0.2, 0.25) is 0 Å². The Morgan fingerprint density at radius 1 is 1.30 bits per heavy atom. The highest BCUT2D eigenvalue weighted by molar-refractivity contribution is 6.07. The van der Waals surface area contributed by atoms with Gasteiger partial charge in [-0.15, -0.1) is 0 Å². The minimum atomic E-state index is -0.417. The Labute approximate surface area is 117 Å². The van der Waals surface area contributed by atoms with E-state index < -0.39 is 5.91 Å². The van der Waals surface area contributed by atoms with Crippen molar-refractivity contribution in [3.63, 3.8) is 0 Å². The summed E-state index contributed by atoms with van der Waals surface area (Å²) in [6, 6.07) is 9.95. The number of nitrogens with one attached hydrogen (secondary N) is 1. The highest BCUT2D eigenvalue weighted by Gasteiger charge is 2.13. The molecule has 104 valence electrons. The van der Waals surface area contributed by atoms with E-state index in [-0.39, 0.29) is 17.0 Å². The second-order valence-corrected chi connectivity index (χ2v) is 4.38. The molecule has 2 rings (SSSR count). The van der Waals surface area contributed by atoms with E-state index in [1.54, 1.807) is 31.4 Å². The first-order valence-electron chi connectivity index (χ1n) is 6.06. The molecule has 4 N–H and O–H groups in total. The molecule has 5 heteroatoms. The van der Waals surface area contributed by atoms with E-state index in [9.17, 15) is 9.90 Å². The van der Waals surface area contributed by atoms with E-state index >= 15 is 0 Å². The van der Waals surface area contributed by atoms with Crippen LogP contribution in [0.4, 0.5) is 11.4 Å². The summed E-state index contributed by atoms with van der Waals surface area (Å²) in [6.45, 7) is 1.88. The Bertz CT molecular complexity index is 654. The normalized spacial score (nSPS) is 10.1. The third kappa shape index (κ3) is 2.66. The molecule has 0 spiro atoms. The molecule has 0 saturated heterocycles. The number of nitrogen functional groups attached to an aromatic ring is 1. The van der Waals surface area contributed by atoms with Crippen molar-refractivity contribution < 1.29 is 14.6 Å². The molecule has 0 radical (unpaired) electrons. The molecule has 0 aliphatic carbocycles. The molecule has 0 saturated carbocycles. The number of carbonyl (C=O) groups excluding carboxylic acids is 1. The summed E-state index contributed by atoms with van der Waals surface area (Å²) >= 11 is 0. The average molecular weight is 272 g/mol. The second-order valence-electron chi connectivity index (χ2n) is 4.38. The number of nitrogens with two attached hydrogens (primary N) is 1. The number of para-hydroxylation sites is 1. The van der Waals surface area contributed by atoms with Gasteiger partial charge in [-0.1, -0.05) is 6.07 Å². The summed E-state index contributed by atoms with van der Waals surface area (Å²) in [4.78, 5) is 12.1. The summed E-state index contributed by atoms with van der Waals surface area (Å²) < 4.78 is 5.16. The molecular weight excluding hydrogens is 256 g/mol. The first-order valence-corrected chi connectivity index (χ1v) is 6.06. The summed E-state index contributed by atoms with van der Waals surface area (Å²) in [6.07, 6.45) is 0. The van der Waals surface area contributed by atoms with E-state index in [4.69, 9.17) is 10.5 Å². The van der Waals surface area contributed by atoms with Crippen LogP contribution >= 0.6 is 0 Å². The van der Waals surface area contributed by atoms with Gasteiger partial charge in [-0.05, 0) is 42.8 Å². The van der Waals surface area contributed by atoms with Crippen molar-refractivity contribution >= 4 is 17.3 Å². The number of hydrogen-bond acceptors (Lipinski definition) is 4. The lowest BCUT2D eigenvalue weighted by atomic mass is 10.1. The van der Waals surface area contributed by atoms with Gasteiger partial charge in [-0.3, -0.25) is 4.79 Å². The van der Waals surface area contributed by atoms with Crippen LogP contribution in [0.3, 0.4) is 0 Å². The van der Waals surface area contributed by atoms with E-state index in [0.717, 1.165) is 11.3 Å². The quantitative estimate of drug-likeness (QED) is 0.592. The molecule has 2 aromatic rings. The standard InChI is InChI=1S/C15H16N2O3/c1-9-8-10(6-7-13(9)20-2)17-15(19)11-4-3-5-12(16)14(11)18/h3-8,18H,16H2,1-2H3,(H,17,19). The van der Waals surface area contributed by atoms with Crippen molar-refractivity contribution in [2.24, 2.45) is 0 Å². The number of phenolic OH excluding ortho intramolecular Hbond substituents is 1. The van der Waals surface area contributed by atoms with Crippen molar-refractivity contribution in [1.82, 2.24) is 0 Å². The van der Waals surface area contributed by atoms with Crippen LogP contribution < -0.4 is 15.8 Å². The highest BCUT2D eigenvalue weighted by Crippen LogP contribution is 2.26. The van der Waals surface area contributed by atoms with E-state index in [1.807, 2.05) is 6.92 Å². The lowest BCUT2D eigenvalue weighted by Crippen LogP contribution is -2.12. The number of carbonyl (C=O) groups is 1. The molecule has 0 fully saturated rings. The van der Waals surface area contributed by atoms with Gasteiger partial charge in [0, 0.05) is 5.69 Å². The molecule has 0 atom stereocenters. The predicted octanol–water partition coefficient (Wildman–Crippen LogP) is 2.54. The van der Waals surface area contributed by atoms with Gasteiger partial charge in [-0.2, -0.15) is 0 Å². The minimum absolute atomic E-state index is 0.137. The van der Waals surface area contributed by atoms with Crippen LogP contribution in [0.1, 0.15) is 15.9 Å². The number of rotatable bonds is 3. The monoisotopic (exact) mass is 272 g/mol. The first-order chi connectivity index (χ1) is 9.52. The first kappa shape index (κ1) is 13.7. The van der Waals surface area contributed by atoms with Crippen LogP contribution in [0.15, 0.2) is 36.4 Å². The average Bonchev–Trinajstić information content (AvgIpc) is 2.42. The third-order valence-electron chi connectivity index (χ3n) is 2.96. The fourth-order valence-electron chi connectivity index (χ4n) is 1.90. The second kappa shape index (κ2) is 5.52. The Morgan fingerprint density at radius 2 is 2.05 bits per heavy atom. The zero-order valence-electron chi connectivity index (χ0n) is 11.3. The number of hydrogen-bond donors (Lipinski definition) is 3. The number of benzene rings is 2. The van der Waals surface area contributed by atoms with Crippen molar-refractivity contribution in [3.05, 3.63) is 47.5 Å². The molecule has 1 amide bonds. The molecule has 0 heterocycles. The molecule has 0 aromatic heterocycles. The summed E-state index contributed by atoms with van der Waals surface area (Å²) in [7, 11) is 1.59. The number of ether oxygens (including phenoxy) is 1. The van der Waals surface area contributed by atoms with Crippen LogP contribution in [-0.4, -0.2) is 18.1 Å². The van der Waals surface area contributed by atoms with Gasteiger partial charge in [0.15, 0.2) is 5.75 Å². The number of anilines is 2. The molecule has 0 aliphatic heterocycles. The maximum atomic E-state index is 12.1. The van der Waals surface area contributed by atoms with Crippen LogP contribution in [-0.2, 0) is 0 Å². The van der Waals surface area contributed by atoms with Crippen molar-refractivity contribution in [2.75, 3.05) is 18.2 Å². The lowest BCUT2D eigenvalue weighted by Gasteiger charge is -2.10. The minimum Gasteiger partial charge on any atom is -0.505 e. The zero-order valence-corrected chi connectivity index (χ0v) is 11.3. The summed E-state index contributed by atoms with van der Waals surface area (Å²) in [5.74, 6) is 0.115. The molecule has 2 aromatic carbocycles. The predicted molar refractivity (Wildman–Crippen MR) is 78.2 cm³/mol. The van der Waals surface area contributed by atoms with Crippen molar-refractivity contribution in [1.29, 1.82) is 0 Å². The Balaban J connectivity index is 2.24. The number of amides is 1. The van der Waals surface area contributed by atoms with Gasteiger partial charge in [0.05, 0.1) is 18.4 Å². The number of aryl methyl sites for hydroxylation is 1. The fourth-order valence-corrected chi connectivity index (χ4v) is 1.90. The maximum absolute atomic E-state index is 12.1. The van der Waals surface area contributed by atoms with Gasteiger partial charge in [0.25, 0.3) is 5.91 Å². The zero-order chi connectivity index (χ0) is 14.7.